The summed E-state index contributed by atoms with van der Waals surface area (Å²) in [5.74, 6) is -1.14. The Kier molecular flexibility index (Phi) is 3.84. The fourth-order valence-electron chi connectivity index (χ4n) is 2.36. The number of nitrogens with zero attached hydrogens (tertiary/aromatic N) is 1. The molecule has 3 aromatic rings. The number of alkyl halides is 3. The molecule has 0 saturated heterocycles. The molecule has 0 fully saturated rings. The third-order valence-corrected chi connectivity index (χ3v) is 3.35. The van der Waals surface area contributed by atoms with Gasteiger partial charge in [0.25, 0.3) is 0 Å². The quantitative estimate of drug-likeness (QED) is 0.752. The first-order valence-corrected chi connectivity index (χ1v) is 6.83. The van der Waals surface area contributed by atoms with Crippen molar-refractivity contribution >= 4 is 16.9 Å². The van der Waals surface area contributed by atoms with E-state index in [-0.39, 0.29) is 16.7 Å². The smallest absolute Gasteiger partial charge is 0.417 e. The molecule has 7 heteroatoms. The number of fused-ring (bicyclic) bond motifs is 1. The van der Waals surface area contributed by atoms with E-state index in [1.54, 1.807) is 30.3 Å². The molecule has 0 amide bonds. The zero-order valence-electron chi connectivity index (χ0n) is 12.0. The zero-order valence-corrected chi connectivity index (χ0v) is 12.0. The number of ether oxygens (including phenoxy) is 1. The Labute approximate surface area is 134 Å². The normalized spacial score (nSPS) is 11.5. The molecule has 122 valence electrons. The molecule has 1 aromatic heterocycles. The summed E-state index contributed by atoms with van der Waals surface area (Å²) in [6, 6.07) is 12.5. The number of hydrogen-bond acceptors (Lipinski definition) is 3. The zero-order chi connectivity index (χ0) is 17.3. The van der Waals surface area contributed by atoms with E-state index in [9.17, 15) is 18.0 Å². The Hall–Kier alpha value is -3.09. The average molecular weight is 333 g/mol. The molecule has 0 spiro atoms. The minimum atomic E-state index is -4.83. The van der Waals surface area contributed by atoms with Crippen molar-refractivity contribution in [2.24, 2.45) is 0 Å². The second-order valence-corrected chi connectivity index (χ2v) is 4.92. The highest BCUT2D eigenvalue weighted by molar-refractivity contribution is 5.98. The predicted molar refractivity (Wildman–Crippen MR) is 80.2 cm³/mol. The number of benzene rings is 2. The third-order valence-electron chi connectivity index (χ3n) is 3.35. The molecule has 2 aromatic carbocycles. The molecular weight excluding hydrogens is 323 g/mol. The molecule has 0 aliphatic carbocycles. The third kappa shape index (κ3) is 2.88. The lowest BCUT2D eigenvalue weighted by Crippen LogP contribution is -2.14. The van der Waals surface area contributed by atoms with E-state index in [1.165, 1.54) is 18.2 Å². The lowest BCUT2D eigenvalue weighted by Gasteiger charge is -2.15. The van der Waals surface area contributed by atoms with Gasteiger partial charge in [-0.05, 0) is 18.2 Å². The predicted octanol–water partition coefficient (Wildman–Crippen LogP) is 4.74. The summed E-state index contributed by atoms with van der Waals surface area (Å²) in [4.78, 5) is 15.0. The number of halogens is 3. The van der Waals surface area contributed by atoms with E-state index in [0.29, 0.717) is 11.9 Å². The molecule has 24 heavy (non-hydrogen) atoms. The first-order chi connectivity index (χ1) is 11.4. The Balaban J connectivity index is 2.23. The lowest BCUT2D eigenvalue weighted by atomic mass is 10.0. The number of carbonyl (C=O) groups is 1. The van der Waals surface area contributed by atoms with Crippen molar-refractivity contribution in [1.82, 2.24) is 4.98 Å². The van der Waals surface area contributed by atoms with Gasteiger partial charge in [0.2, 0.25) is 0 Å². The van der Waals surface area contributed by atoms with E-state index in [0.717, 1.165) is 0 Å². The molecule has 1 N–H and O–H groups in total. The van der Waals surface area contributed by atoms with Crippen LogP contribution in [0, 0.1) is 0 Å². The standard InChI is InChI=1S/C17H10F3NO3/c18-17(19,20)14-11-7-4-8-13(24-10-5-2-1-3-6-10)15(11)21-9-12(14)16(22)23/h1-9H,(H,22,23). The molecular formula is C17H10F3NO3. The van der Waals surface area contributed by atoms with Crippen LogP contribution in [0.25, 0.3) is 10.9 Å². The van der Waals surface area contributed by atoms with Gasteiger partial charge >= 0.3 is 12.1 Å². The van der Waals surface area contributed by atoms with Crippen LogP contribution in [0.2, 0.25) is 0 Å². The Morgan fingerprint density at radius 3 is 2.38 bits per heavy atom. The minimum Gasteiger partial charge on any atom is -0.478 e. The Morgan fingerprint density at radius 1 is 1.04 bits per heavy atom. The van der Waals surface area contributed by atoms with Crippen molar-refractivity contribution in [2.45, 2.75) is 6.18 Å². The van der Waals surface area contributed by atoms with Gasteiger partial charge in [0.15, 0.2) is 5.75 Å². The second-order valence-electron chi connectivity index (χ2n) is 4.92. The van der Waals surface area contributed by atoms with Crippen molar-refractivity contribution in [3.63, 3.8) is 0 Å². The van der Waals surface area contributed by atoms with Crippen LogP contribution < -0.4 is 4.74 Å². The van der Waals surface area contributed by atoms with Crippen LogP contribution in [0.5, 0.6) is 11.5 Å². The maximum Gasteiger partial charge on any atom is 0.417 e. The van der Waals surface area contributed by atoms with E-state index in [1.807, 2.05) is 0 Å². The van der Waals surface area contributed by atoms with Crippen LogP contribution in [0.15, 0.2) is 54.7 Å². The van der Waals surface area contributed by atoms with Crippen LogP contribution in [-0.2, 0) is 6.18 Å². The van der Waals surface area contributed by atoms with E-state index < -0.39 is 23.3 Å². The van der Waals surface area contributed by atoms with Gasteiger partial charge in [-0.2, -0.15) is 13.2 Å². The molecule has 0 atom stereocenters. The van der Waals surface area contributed by atoms with Gasteiger partial charge < -0.3 is 9.84 Å². The molecule has 0 aliphatic rings. The van der Waals surface area contributed by atoms with E-state index in [2.05, 4.69) is 4.98 Å². The van der Waals surface area contributed by atoms with Crippen LogP contribution in [0.1, 0.15) is 15.9 Å². The van der Waals surface area contributed by atoms with Gasteiger partial charge in [0.1, 0.15) is 11.3 Å². The molecule has 0 bridgehead atoms. The van der Waals surface area contributed by atoms with Gasteiger partial charge in [-0.1, -0.05) is 30.3 Å². The molecule has 0 unspecified atom stereocenters. The highest BCUT2D eigenvalue weighted by Gasteiger charge is 2.38. The monoisotopic (exact) mass is 333 g/mol. The lowest BCUT2D eigenvalue weighted by molar-refractivity contribution is -0.136. The Bertz CT molecular complexity index is 908. The number of carboxylic acid groups (broad SMARTS) is 1. The molecule has 0 aliphatic heterocycles. The number of pyridine rings is 1. The summed E-state index contributed by atoms with van der Waals surface area (Å²) in [5.41, 5.74) is -2.19. The van der Waals surface area contributed by atoms with Crippen LogP contribution in [0.4, 0.5) is 13.2 Å². The van der Waals surface area contributed by atoms with Crippen molar-refractivity contribution in [2.75, 3.05) is 0 Å². The highest BCUT2D eigenvalue weighted by Crippen LogP contribution is 2.39. The second kappa shape index (κ2) is 5.84. The number of aromatic carboxylic acids is 1. The van der Waals surface area contributed by atoms with Gasteiger partial charge in [0.05, 0.1) is 11.1 Å². The number of hydrogen-bond donors (Lipinski definition) is 1. The van der Waals surface area contributed by atoms with Crippen molar-refractivity contribution in [3.05, 3.63) is 65.9 Å². The van der Waals surface area contributed by atoms with Crippen LogP contribution in [0.3, 0.4) is 0 Å². The van der Waals surface area contributed by atoms with Crippen molar-refractivity contribution in [3.8, 4) is 11.5 Å². The number of para-hydroxylation sites is 2. The maximum atomic E-state index is 13.4. The molecule has 0 saturated carbocycles. The molecule has 3 rings (SSSR count). The maximum absolute atomic E-state index is 13.4. The van der Waals surface area contributed by atoms with Crippen LogP contribution >= 0.6 is 0 Å². The summed E-state index contributed by atoms with van der Waals surface area (Å²) >= 11 is 0. The molecule has 0 radical (unpaired) electrons. The number of carboxylic acids is 1. The van der Waals surface area contributed by atoms with E-state index >= 15 is 0 Å². The van der Waals surface area contributed by atoms with Crippen molar-refractivity contribution in [1.29, 1.82) is 0 Å². The van der Waals surface area contributed by atoms with Gasteiger partial charge in [-0.15, -0.1) is 0 Å². The largest absolute Gasteiger partial charge is 0.478 e. The number of rotatable bonds is 3. The van der Waals surface area contributed by atoms with Gasteiger partial charge in [0, 0.05) is 11.6 Å². The van der Waals surface area contributed by atoms with E-state index in [4.69, 9.17) is 9.84 Å². The average Bonchev–Trinajstić information content (AvgIpc) is 2.54. The number of aromatic nitrogens is 1. The summed E-state index contributed by atoms with van der Waals surface area (Å²) in [7, 11) is 0. The van der Waals surface area contributed by atoms with Gasteiger partial charge in [-0.25, -0.2) is 4.79 Å². The van der Waals surface area contributed by atoms with Crippen molar-refractivity contribution < 1.29 is 27.8 Å². The fraction of sp³-hybridized carbons (Fsp3) is 0.0588. The summed E-state index contributed by atoms with van der Waals surface area (Å²) in [6.07, 6.45) is -4.13. The first-order valence-electron chi connectivity index (χ1n) is 6.83. The minimum absolute atomic E-state index is 0.0568. The highest BCUT2D eigenvalue weighted by atomic mass is 19.4. The molecule has 4 nitrogen and oxygen atoms in total. The topological polar surface area (TPSA) is 59.4 Å². The summed E-state index contributed by atoms with van der Waals surface area (Å²) in [6.45, 7) is 0. The van der Waals surface area contributed by atoms with Gasteiger partial charge in [-0.3, -0.25) is 4.98 Å². The van der Waals surface area contributed by atoms with Crippen LogP contribution in [-0.4, -0.2) is 16.1 Å². The molecule has 1 heterocycles. The SMILES string of the molecule is O=C(O)c1cnc2c(Oc3ccccc3)cccc2c1C(F)(F)F. The fourth-order valence-corrected chi connectivity index (χ4v) is 2.36. The summed E-state index contributed by atoms with van der Waals surface area (Å²) in [5, 5.41) is 8.70. The summed E-state index contributed by atoms with van der Waals surface area (Å²) < 4.78 is 45.7. The Morgan fingerprint density at radius 2 is 1.75 bits per heavy atom. The first kappa shape index (κ1) is 15.8.